The maximum absolute atomic E-state index is 10.6. The third-order valence-corrected chi connectivity index (χ3v) is 8.23. The molecule has 6 aromatic carbocycles. The molecule has 0 spiro atoms. The fourth-order valence-electron chi connectivity index (χ4n) is 6.24. The summed E-state index contributed by atoms with van der Waals surface area (Å²) in [7, 11) is 0. The highest BCUT2D eigenvalue weighted by Gasteiger charge is 2.22. The monoisotopic (exact) mass is 561 g/mol. The molecule has 0 saturated heterocycles. The van der Waals surface area contributed by atoms with Crippen LogP contribution in [-0.2, 0) is 0 Å². The first-order valence-electron chi connectivity index (χ1n) is 14.0. The predicted molar refractivity (Wildman–Crippen MR) is 171 cm³/mol. The van der Waals surface area contributed by atoms with Crippen molar-refractivity contribution in [2.24, 2.45) is 0 Å². The average Bonchev–Trinajstić information content (AvgIpc) is 3.65. The van der Waals surface area contributed by atoms with Crippen molar-refractivity contribution in [1.29, 1.82) is 15.8 Å². The summed E-state index contributed by atoms with van der Waals surface area (Å²) >= 11 is 0. The van der Waals surface area contributed by atoms with E-state index in [4.69, 9.17) is 8.83 Å². The fourth-order valence-corrected chi connectivity index (χ4v) is 6.24. The number of nitrogens with zero attached hydrogens (tertiary/aromatic N) is 3. The van der Waals surface area contributed by atoms with E-state index in [9.17, 15) is 15.8 Å². The number of para-hydroxylation sites is 3. The highest BCUT2D eigenvalue weighted by molar-refractivity contribution is 6.10. The second-order valence-corrected chi connectivity index (χ2v) is 10.6. The summed E-state index contributed by atoms with van der Waals surface area (Å²) in [6.45, 7) is 0. The van der Waals surface area contributed by atoms with Crippen LogP contribution in [0.3, 0.4) is 0 Å². The molecule has 5 heteroatoms. The van der Waals surface area contributed by atoms with Gasteiger partial charge in [0.25, 0.3) is 0 Å². The van der Waals surface area contributed by atoms with E-state index in [-0.39, 0.29) is 0 Å². The van der Waals surface area contributed by atoms with Crippen LogP contribution < -0.4 is 0 Å². The van der Waals surface area contributed by atoms with E-state index < -0.39 is 0 Å². The Kier molecular flexibility index (Phi) is 5.56. The van der Waals surface area contributed by atoms with Gasteiger partial charge in [0.1, 0.15) is 28.4 Å². The minimum Gasteiger partial charge on any atom is -0.456 e. The SMILES string of the molecule is N#Cc1cccc(C#N)c1-c1cc(-c2cccc3c2oc2ccccc23)cc(-c2ccc3c(c2)oc2ccccc23)c1C#N. The van der Waals surface area contributed by atoms with Crippen LogP contribution >= 0.6 is 0 Å². The van der Waals surface area contributed by atoms with Crippen molar-refractivity contribution in [3.63, 3.8) is 0 Å². The second kappa shape index (κ2) is 9.74. The normalized spacial score (nSPS) is 11.1. The van der Waals surface area contributed by atoms with E-state index in [0.717, 1.165) is 55.0 Å². The number of fused-ring (bicyclic) bond motifs is 6. The van der Waals surface area contributed by atoms with Crippen molar-refractivity contribution in [2.75, 3.05) is 0 Å². The van der Waals surface area contributed by atoms with E-state index in [1.165, 1.54) is 0 Å². The molecule has 0 atom stereocenters. The minimum atomic E-state index is 0.318. The molecule has 0 aliphatic heterocycles. The van der Waals surface area contributed by atoms with E-state index in [2.05, 4.69) is 18.2 Å². The van der Waals surface area contributed by atoms with Gasteiger partial charge in [-0.15, -0.1) is 0 Å². The lowest BCUT2D eigenvalue weighted by Crippen LogP contribution is -1.97. The van der Waals surface area contributed by atoms with Gasteiger partial charge < -0.3 is 8.83 Å². The van der Waals surface area contributed by atoms with Gasteiger partial charge in [0.15, 0.2) is 0 Å². The lowest BCUT2D eigenvalue weighted by molar-refractivity contribution is 0.669. The lowest BCUT2D eigenvalue weighted by atomic mass is 9.85. The molecule has 44 heavy (non-hydrogen) atoms. The van der Waals surface area contributed by atoms with E-state index in [1.807, 2.05) is 97.1 Å². The van der Waals surface area contributed by atoms with Crippen molar-refractivity contribution in [3.8, 4) is 51.6 Å². The minimum absolute atomic E-state index is 0.318. The molecule has 0 fully saturated rings. The average molecular weight is 562 g/mol. The molecule has 0 radical (unpaired) electrons. The van der Waals surface area contributed by atoms with Crippen LogP contribution in [0.1, 0.15) is 16.7 Å². The second-order valence-electron chi connectivity index (χ2n) is 10.6. The maximum Gasteiger partial charge on any atom is 0.143 e. The van der Waals surface area contributed by atoms with Crippen LogP contribution in [0.25, 0.3) is 77.3 Å². The van der Waals surface area contributed by atoms with Gasteiger partial charge >= 0.3 is 0 Å². The van der Waals surface area contributed by atoms with Crippen molar-refractivity contribution in [1.82, 2.24) is 0 Å². The molecule has 0 amide bonds. The predicted octanol–water partition coefficient (Wildman–Crippen LogP) is 10.1. The van der Waals surface area contributed by atoms with Gasteiger partial charge in [0, 0.05) is 43.8 Å². The van der Waals surface area contributed by atoms with Crippen LogP contribution in [0.5, 0.6) is 0 Å². The Balaban J connectivity index is 1.48. The largest absolute Gasteiger partial charge is 0.456 e. The summed E-state index contributed by atoms with van der Waals surface area (Å²) in [5.74, 6) is 0. The molecule has 0 aliphatic rings. The summed E-state index contributed by atoms with van der Waals surface area (Å²) < 4.78 is 12.6. The van der Waals surface area contributed by atoms with Gasteiger partial charge in [-0.1, -0.05) is 66.7 Å². The number of rotatable bonds is 3. The Morgan fingerprint density at radius 1 is 0.432 bits per heavy atom. The molecular formula is C39H19N3O2. The molecule has 0 N–H and O–H groups in total. The van der Waals surface area contributed by atoms with Gasteiger partial charge in [-0.25, -0.2) is 0 Å². The standard InChI is InChI=1S/C39H19N3O2/c40-20-24-7-5-8-25(21-41)38(24)33-18-26(27-11-6-12-31-29-10-2-4-14-36(29)44-39(27)31)17-32(34(33)22-42)23-15-16-30-28-9-1-3-13-35(28)43-37(30)19-23/h1-19H. The Bertz CT molecular complexity index is 2570. The third kappa shape index (κ3) is 3.70. The maximum atomic E-state index is 10.6. The number of furan rings is 2. The first-order chi connectivity index (χ1) is 21.7. The quantitative estimate of drug-likeness (QED) is 0.214. The van der Waals surface area contributed by atoms with E-state index in [0.29, 0.717) is 39.0 Å². The smallest absolute Gasteiger partial charge is 0.143 e. The number of nitriles is 3. The molecule has 5 nitrogen and oxygen atoms in total. The number of hydrogen-bond donors (Lipinski definition) is 0. The molecule has 0 aliphatic carbocycles. The van der Waals surface area contributed by atoms with Gasteiger partial charge in [0.05, 0.1) is 28.8 Å². The van der Waals surface area contributed by atoms with Crippen molar-refractivity contribution >= 4 is 43.9 Å². The van der Waals surface area contributed by atoms with Crippen molar-refractivity contribution in [2.45, 2.75) is 0 Å². The topological polar surface area (TPSA) is 97.7 Å². The molecular weight excluding hydrogens is 542 g/mol. The summed E-state index contributed by atoms with van der Waals surface area (Å²) in [5.41, 5.74) is 7.98. The van der Waals surface area contributed by atoms with Gasteiger partial charge in [-0.05, 0) is 59.7 Å². The Morgan fingerprint density at radius 2 is 1.05 bits per heavy atom. The van der Waals surface area contributed by atoms with Crippen molar-refractivity contribution < 1.29 is 8.83 Å². The van der Waals surface area contributed by atoms with Gasteiger partial charge in [0.2, 0.25) is 0 Å². The number of hydrogen-bond acceptors (Lipinski definition) is 5. The summed E-state index contributed by atoms with van der Waals surface area (Å²) in [5, 5.41) is 34.8. The zero-order valence-electron chi connectivity index (χ0n) is 23.1. The van der Waals surface area contributed by atoms with Crippen LogP contribution in [0, 0.1) is 34.0 Å². The highest BCUT2D eigenvalue weighted by atomic mass is 16.3. The van der Waals surface area contributed by atoms with Crippen LogP contribution in [0.15, 0.2) is 124 Å². The van der Waals surface area contributed by atoms with Crippen LogP contribution in [-0.4, -0.2) is 0 Å². The first-order valence-corrected chi connectivity index (χ1v) is 14.0. The molecule has 8 aromatic rings. The van der Waals surface area contributed by atoms with E-state index in [1.54, 1.807) is 18.2 Å². The molecule has 2 heterocycles. The van der Waals surface area contributed by atoms with Crippen LogP contribution in [0.4, 0.5) is 0 Å². The molecule has 8 rings (SSSR count). The highest BCUT2D eigenvalue weighted by Crippen LogP contribution is 2.43. The molecule has 0 bridgehead atoms. The summed E-state index contributed by atoms with van der Waals surface area (Å²) in [6, 6.07) is 43.5. The zero-order valence-corrected chi connectivity index (χ0v) is 23.1. The Labute approximate surface area is 251 Å². The molecule has 202 valence electrons. The lowest BCUT2D eigenvalue weighted by Gasteiger charge is -2.16. The third-order valence-electron chi connectivity index (χ3n) is 8.23. The zero-order chi connectivity index (χ0) is 29.8. The molecule has 2 aromatic heterocycles. The first kappa shape index (κ1) is 25.1. The summed E-state index contributed by atoms with van der Waals surface area (Å²) in [6.07, 6.45) is 0. The molecule has 0 saturated carbocycles. The van der Waals surface area contributed by atoms with Gasteiger partial charge in [-0.3, -0.25) is 0 Å². The van der Waals surface area contributed by atoms with E-state index >= 15 is 0 Å². The van der Waals surface area contributed by atoms with Crippen LogP contribution in [0.2, 0.25) is 0 Å². The fraction of sp³-hybridized carbons (Fsp3) is 0. The number of benzene rings is 6. The van der Waals surface area contributed by atoms with Gasteiger partial charge in [-0.2, -0.15) is 15.8 Å². The Morgan fingerprint density at radius 3 is 1.77 bits per heavy atom. The Hall–Kier alpha value is -6.61. The van der Waals surface area contributed by atoms with Crippen molar-refractivity contribution in [3.05, 3.63) is 132 Å². The summed E-state index contributed by atoms with van der Waals surface area (Å²) in [4.78, 5) is 0. The molecule has 0 unspecified atom stereocenters.